The van der Waals surface area contributed by atoms with E-state index in [0.29, 0.717) is 16.4 Å². The zero-order chi connectivity index (χ0) is 20.4. The SMILES string of the molecule is Cc1noc(C(NS(=O)(=O)c2cnc(-c3ccc(Br)cc3)s2)c2ccccc2)n1. The summed E-state index contributed by atoms with van der Waals surface area (Å²) in [5.41, 5.74) is 1.53. The lowest BCUT2D eigenvalue weighted by molar-refractivity contribution is 0.357. The van der Waals surface area contributed by atoms with E-state index in [2.05, 4.69) is 35.8 Å². The van der Waals surface area contributed by atoms with Crippen molar-refractivity contribution in [1.82, 2.24) is 19.8 Å². The summed E-state index contributed by atoms with van der Waals surface area (Å²) < 4.78 is 35.1. The predicted molar refractivity (Wildman–Crippen MR) is 113 cm³/mol. The van der Waals surface area contributed by atoms with Crippen LogP contribution < -0.4 is 4.72 Å². The molecule has 29 heavy (non-hydrogen) atoms. The summed E-state index contributed by atoms with van der Waals surface area (Å²) in [4.78, 5) is 8.48. The van der Waals surface area contributed by atoms with E-state index < -0.39 is 16.1 Å². The van der Waals surface area contributed by atoms with Crippen molar-refractivity contribution in [1.29, 1.82) is 0 Å². The van der Waals surface area contributed by atoms with E-state index in [1.54, 1.807) is 19.1 Å². The maximum Gasteiger partial charge on any atom is 0.252 e. The molecule has 0 amide bonds. The topological polar surface area (TPSA) is 98.0 Å². The highest BCUT2D eigenvalue weighted by atomic mass is 79.9. The fourth-order valence-electron chi connectivity index (χ4n) is 2.66. The molecule has 0 aliphatic carbocycles. The van der Waals surface area contributed by atoms with E-state index in [1.165, 1.54) is 6.20 Å². The quantitative estimate of drug-likeness (QED) is 0.431. The number of hydrogen-bond acceptors (Lipinski definition) is 7. The molecule has 0 spiro atoms. The van der Waals surface area contributed by atoms with E-state index in [0.717, 1.165) is 21.4 Å². The van der Waals surface area contributed by atoms with Gasteiger partial charge in [0.15, 0.2) is 10.0 Å². The number of rotatable bonds is 6. The minimum Gasteiger partial charge on any atom is -0.337 e. The van der Waals surface area contributed by atoms with Gasteiger partial charge in [-0.25, -0.2) is 13.4 Å². The number of sulfonamides is 1. The van der Waals surface area contributed by atoms with Crippen molar-refractivity contribution in [2.24, 2.45) is 0 Å². The lowest BCUT2D eigenvalue weighted by atomic mass is 10.1. The lowest BCUT2D eigenvalue weighted by Crippen LogP contribution is -2.29. The molecule has 2 aromatic heterocycles. The van der Waals surface area contributed by atoms with Gasteiger partial charge in [0.05, 0.1) is 6.20 Å². The van der Waals surface area contributed by atoms with Crippen LogP contribution in [-0.2, 0) is 10.0 Å². The molecule has 1 atom stereocenters. The Morgan fingerprint density at radius 1 is 1.10 bits per heavy atom. The van der Waals surface area contributed by atoms with E-state index in [9.17, 15) is 8.42 Å². The van der Waals surface area contributed by atoms with Gasteiger partial charge in [-0.3, -0.25) is 0 Å². The first-order chi connectivity index (χ1) is 13.9. The molecule has 2 heterocycles. The third-order valence-corrected chi connectivity index (χ3v) is 7.50. The number of aromatic nitrogens is 3. The number of nitrogens with one attached hydrogen (secondary N) is 1. The van der Waals surface area contributed by atoms with Gasteiger partial charge < -0.3 is 4.52 Å². The molecule has 0 radical (unpaired) electrons. The van der Waals surface area contributed by atoms with Crippen molar-refractivity contribution in [3.05, 3.63) is 82.5 Å². The number of nitrogens with zero attached hydrogens (tertiary/aromatic N) is 3. The van der Waals surface area contributed by atoms with Crippen LogP contribution in [0.4, 0.5) is 0 Å². The molecule has 0 aliphatic rings. The Bertz CT molecular complexity index is 1220. The van der Waals surface area contributed by atoms with Crippen LogP contribution >= 0.6 is 27.3 Å². The first-order valence-electron chi connectivity index (χ1n) is 8.51. The predicted octanol–water partition coefficient (Wildman–Crippen LogP) is 4.33. The van der Waals surface area contributed by atoms with Crippen molar-refractivity contribution in [3.63, 3.8) is 0 Å². The largest absolute Gasteiger partial charge is 0.337 e. The Kier molecular flexibility index (Phi) is 5.59. The van der Waals surface area contributed by atoms with E-state index in [-0.39, 0.29) is 10.1 Å². The highest BCUT2D eigenvalue weighted by Crippen LogP contribution is 2.30. The van der Waals surface area contributed by atoms with Gasteiger partial charge in [0.25, 0.3) is 10.0 Å². The Hall–Kier alpha value is -2.40. The van der Waals surface area contributed by atoms with Crippen LogP contribution in [0.25, 0.3) is 10.6 Å². The third-order valence-electron chi connectivity index (χ3n) is 4.04. The maximum atomic E-state index is 13.1. The van der Waals surface area contributed by atoms with Crippen molar-refractivity contribution >= 4 is 37.3 Å². The second-order valence-corrected chi connectivity index (χ2v) is 10.0. The van der Waals surface area contributed by atoms with Crippen molar-refractivity contribution < 1.29 is 12.9 Å². The average Bonchev–Trinajstić information content (AvgIpc) is 3.37. The Morgan fingerprint density at radius 3 is 2.48 bits per heavy atom. The fraction of sp³-hybridized carbons (Fsp3) is 0.105. The molecule has 1 unspecified atom stereocenters. The van der Waals surface area contributed by atoms with Crippen LogP contribution in [0.15, 0.2) is 74.0 Å². The van der Waals surface area contributed by atoms with Gasteiger partial charge in [-0.15, -0.1) is 11.3 Å². The number of benzene rings is 2. The van der Waals surface area contributed by atoms with Gasteiger partial charge in [-0.2, -0.15) is 9.71 Å². The van der Waals surface area contributed by atoms with Crippen molar-refractivity contribution in [2.75, 3.05) is 0 Å². The number of hydrogen-bond donors (Lipinski definition) is 1. The molecule has 4 rings (SSSR count). The molecule has 7 nitrogen and oxygen atoms in total. The first kappa shape index (κ1) is 19.9. The van der Waals surface area contributed by atoms with Crippen molar-refractivity contribution in [3.8, 4) is 10.6 Å². The number of aryl methyl sites for hydroxylation is 1. The van der Waals surface area contributed by atoms with Crippen LogP contribution in [0.5, 0.6) is 0 Å². The fourth-order valence-corrected chi connectivity index (χ4v) is 5.25. The molecular formula is C19H15BrN4O3S2. The van der Waals surface area contributed by atoms with E-state index >= 15 is 0 Å². The summed E-state index contributed by atoms with van der Waals surface area (Å²) in [5, 5.41) is 4.40. The zero-order valence-electron chi connectivity index (χ0n) is 15.1. The zero-order valence-corrected chi connectivity index (χ0v) is 18.3. The monoisotopic (exact) mass is 490 g/mol. The molecule has 148 valence electrons. The van der Waals surface area contributed by atoms with Gasteiger partial charge in [-0.1, -0.05) is 63.6 Å². The maximum absolute atomic E-state index is 13.1. The molecule has 2 aromatic carbocycles. The lowest BCUT2D eigenvalue weighted by Gasteiger charge is -2.14. The second-order valence-electron chi connectivity index (χ2n) is 6.14. The van der Waals surface area contributed by atoms with Crippen molar-refractivity contribution in [2.45, 2.75) is 17.2 Å². The normalized spacial score (nSPS) is 12.8. The molecule has 0 bridgehead atoms. The number of thiazole rings is 1. The van der Waals surface area contributed by atoms with Gasteiger partial charge in [0.1, 0.15) is 11.0 Å². The molecular weight excluding hydrogens is 476 g/mol. The van der Waals surface area contributed by atoms with Gasteiger partial charge in [0.2, 0.25) is 5.89 Å². The molecule has 0 fully saturated rings. The van der Waals surface area contributed by atoms with Crippen LogP contribution in [-0.4, -0.2) is 23.5 Å². The Balaban J connectivity index is 1.66. The molecule has 0 saturated heterocycles. The first-order valence-corrected chi connectivity index (χ1v) is 11.6. The van der Waals surface area contributed by atoms with Gasteiger partial charge in [-0.05, 0) is 24.6 Å². The standard InChI is InChI=1S/C19H15BrN4O3S2/c1-12-22-18(27-23-12)17(13-5-3-2-4-6-13)24-29(25,26)16-11-21-19(28-16)14-7-9-15(20)10-8-14/h2-11,17,24H,1H3. The highest BCUT2D eigenvalue weighted by Gasteiger charge is 2.28. The molecule has 0 saturated carbocycles. The summed E-state index contributed by atoms with van der Waals surface area (Å²) in [7, 11) is -3.87. The summed E-state index contributed by atoms with van der Waals surface area (Å²) in [6, 6.07) is 15.8. The minimum atomic E-state index is -3.87. The van der Waals surface area contributed by atoms with Crippen LogP contribution in [0.2, 0.25) is 0 Å². The summed E-state index contributed by atoms with van der Waals surface area (Å²) in [5.74, 6) is 0.602. The molecule has 4 aromatic rings. The summed E-state index contributed by atoms with van der Waals surface area (Å²) in [6.07, 6.45) is 1.35. The second kappa shape index (κ2) is 8.15. The molecule has 10 heteroatoms. The van der Waals surface area contributed by atoms with Gasteiger partial charge >= 0.3 is 0 Å². The smallest absolute Gasteiger partial charge is 0.252 e. The van der Waals surface area contributed by atoms with Crippen LogP contribution in [0.3, 0.4) is 0 Å². The molecule has 1 N–H and O–H groups in total. The van der Waals surface area contributed by atoms with Crippen LogP contribution in [0.1, 0.15) is 23.3 Å². The van der Waals surface area contributed by atoms with Gasteiger partial charge in [0, 0.05) is 10.0 Å². The number of halogens is 1. The average molecular weight is 491 g/mol. The Labute approximate surface area is 180 Å². The Morgan fingerprint density at radius 2 is 1.83 bits per heavy atom. The summed E-state index contributed by atoms with van der Waals surface area (Å²) in [6.45, 7) is 1.68. The highest BCUT2D eigenvalue weighted by molar-refractivity contribution is 9.10. The third kappa shape index (κ3) is 4.45. The summed E-state index contributed by atoms with van der Waals surface area (Å²) >= 11 is 4.48. The van der Waals surface area contributed by atoms with E-state index in [4.69, 9.17) is 4.52 Å². The molecule has 0 aliphatic heterocycles. The minimum absolute atomic E-state index is 0.104. The van der Waals surface area contributed by atoms with Crippen LogP contribution in [0, 0.1) is 6.92 Å². The van der Waals surface area contributed by atoms with E-state index in [1.807, 2.05) is 42.5 Å².